The SMILES string of the molecule is COc1ccc2cc(C3=CC4CCC(C3)N4)ccc2c1. The van der Waals surface area contributed by atoms with E-state index in [1.807, 2.05) is 6.07 Å². The van der Waals surface area contributed by atoms with Gasteiger partial charge in [0, 0.05) is 12.1 Å². The Morgan fingerprint density at radius 2 is 1.90 bits per heavy atom. The molecule has 20 heavy (non-hydrogen) atoms. The normalized spacial score (nSPS) is 24.8. The molecule has 2 heterocycles. The van der Waals surface area contributed by atoms with Crippen LogP contribution in [0.3, 0.4) is 0 Å². The van der Waals surface area contributed by atoms with Gasteiger partial charge in [-0.05, 0) is 59.4 Å². The zero-order valence-electron chi connectivity index (χ0n) is 11.7. The third-order valence-electron chi connectivity index (χ3n) is 4.56. The first-order chi connectivity index (χ1) is 9.81. The summed E-state index contributed by atoms with van der Waals surface area (Å²) in [6, 6.07) is 14.3. The van der Waals surface area contributed by atoms with Gasteiger partial charge in [0.25, 0.3) is 0 Å². The Balaban J connectivity index is 1.74. The molecule has 2 atom stereocenters. The molecule has 2 heteroatoms. The van der Waals surface area contributed by atoms with Crippen LogP contribution >= 0.6 is 0 Å². The van der Waals surface area contributed by atoms with Gasteiger partial charge >= 0.3 is 0 Å². The van der Waals surface area contributed by atoms with E-state index in [2.05, 4.69) is 41.7 Å². The van der Waals surface area contributed by atoms with Crippen molar-refractivity contribution in [2.45, 2.75) is 31.3 Å². The minimum atomic E-state index is 0.593. The highest BCUT2D eigenvalue weighted by Crippen LogP contribution is 2.33. The predicted molar refractivity (Wildman–Crippen MR) is 83.0 cm³/mol. The second-order valence-corrected chi connectivity index (χ2v) is 5.87. The number of hydrogen-bond donors (Lipinski definition) is 1. The van der Waals surface area contributed by atoms with Gasteiger partial charge in [0.05, 0.1) is 7.11 Å². The van der Waals surface area contributed by atoms with E-state index in [1.165, 1.54) is 34.8 Å². The van der Waals surface area contributed by atoms with Crippen molar-refractivity contribution in [1.29, 1.82) is 0 Å². The minimum Gasteiger partial charge on any atom is -0.497 e. The van der Waals surface area contributed by atoms with Gasteiger partial charge in [0.2, 0.25) is 0 Å². The lowest BCUT2D eigenvalue weighted by Crippen LogP contribution is -2.31. The number of ether oxygens (including phenoxy) is 1. The second-order valence-electron chi connectivity index (χ2n) is 5.87. The van der Waals surface area contributed by atoms with E-state index in [1.54, 1.807) is 7.11 Å². The van der Waals surface area contributed by atoms with Crippen LogP contribution < -0.4 is 10.1 Å². The van der Waals surface area contributed by atoms with Crippen LogP contribution in [0.2, 0.25) is 0 Å². The Kier molecular flexibility index (Phi) is 2.78. The molecule has 0 spiro atoms. The molecule has 2 aliphatic heterocycles. The number of benzene rings is 2. The van der Waals surface area contributed by atoms with Gasteiger partial charge in [-0.15, -0.1) is 0 Å². The molecule has 4 rings (SSSR count). The van der Waals surface area contributed by atoms with Crippen LogP contribution in [-0.4, -0.2) is 19.2 Å². The molecule has 2 aromatic carbocycles. The maximum Gasteiger partial charge on any atom is 0.119 e. The molecule has 1 N–H and O–H groups in total. The molecular formula is C18H19NO. The first kappa shape index (κ1) is 12.0. The van der Waals surface area contributed by atoms with Gasteiger partial charge in [-0.2, -0.15) is 0 Å². The molecule has 2 bridgehead atoms. The Hall–Kier alpha value is -1.80. The van der Waals surface area contributed by atoms with Crippen LogP contribution in [0.5, 0.6) is 5.75 Å². The molecule has 0 saturated carbocycles. The Labute approximate surface area is 119 Å². The van der Waals surface area contributed by atoms with E-state index in [0.29, 0.717) is 12.1 Å². The van der Waals surface area contributed by atoms with Gasteiger partial charge in [-0.25, -0.2) is 0 Å². The van der Waals surface area contributed by atoms with Crippen molar-refractivity contribution in [2.24, 2.45) is 0 Å². The number of nitrogens with one attached hydrogen (secondary N) is 1. The average Bonchev–Trinajstić information content (AvgIpc) is 2.84. The zero-order valence-corrected chi connectivity index (χ0v) is 11.7. The van der Waals surface area contributed by atoms with Gasteiger partial charge in [-0.3, -0.25) is 0 Å². The molecule has 1 saturated heterocycles. The molecule has 0 aliphatic carbocycles. The average molecular weight is 265 g/mol. The van der Waals surface area contributed by atoms with Crippen molar-refractivity contribution >= 4 is 16.3 Å². The monoisotopic (exact) mass is 265 g/mol. The summed E-state index contributed by atoms with van der Waals surface area (Å²) in [5.41, 5.74) is 2.88. The quantitative estimate of drug-likeness (QED) is 0.892. The van der Waals surface area contributed by atoms with Gasteiger partial charge in [-0.1, -0.05) is 24.3 Å². The van der Waals surface area contributed by atoms with Crippen molar-refractivity contribution < 1.29 is 4.74 Å². The number of hydrogen-bond acceptors (Lipinski definition) is 2. The van der Waals surface area contributed by atoms with E-state index in [4.69, 9.17) is 4.74 Å². The van der Waals surface area contributed by atoms with Crippen molar-refractivity contribution in [3.63, 3.8) is 0 Å². The molecule has 2 unspecified atom stereocenters. The van der Waals surface area contributed by atoms with Crippen molar-refractivity contribution in [2.75, 3.05) is 7.11 Å². The fraction of sp³-hybridized carbons (Fsp3) is 0.333. The van der Waals surface area contributed by atoms with Crippen LogP contribution in [0, 0.1) is 0 Å². The number of fused-ring (bicyclic) bond motifs is 3. The smallest absolute Gasteiger partial charge is 0.119 e. The summed E-state index contributed by atoms with van der Waals surface area (Å²) in [5.74, 6) is 0.921. The molecule has 0 aromatic heterocycles. The lowest BCUT2D eigenvalue weighted by molar-refractivity contribution is 0.415. The Bertz CT molecular complexity index is 689. The summed E-state index contributed by atoms with van der Waals surface area (Å²) in [6.07, 6.45) is 6.20. The summed E-state index contributed by atoms with van der Waals surface area (Å²) in [7, 11) is 1.71. The highest BCUT2D eigenvalue weighted by molar-refractivity contribution is 5.87. The van der Waals surface area contributed by atoms with Crippen LogP contribution in [0.15, 0.2) is 42.5 Å². The highest BCUT2D eigenvalue weighted by atomic mass is 16.5. The highest BCUT2D eigenvalue weighted by Gasteiger charge is 2.28. The van der Waals surface area contributed by atoms with Crippen LogP contribution in [0.4, 0.5) is 0 Å². The molecule has 2 aromatic rings. The van der Waals surface area contributed by atoms with Crippen molar-refractivity contribution in [3.05, 3.63) is 48.0 Å². The van der Waals surface area contributed by atoms with Crippen LogP contribution in [0.25, 0.3) is 16.3 Å². The topological polar surface area (TPSA) is 21.3 Å². The summed E-state index contributed by atoms with van der Waals surface area (Å²) in [6.45, 7) is 0. The maximum atomic E-state index is 5.29. The van der Waals surface area contributed by atoms with Crippen LogP contribution in [-0.2, 0) is 0 Å². The third kappa shape index (κ3) is 2.01. The number of methoxy groups -OCH3 is 1. The fourth-order valence-electron chi connectivity index (χ4n) is 3.48. The Morgan fingerprint density at radius 3 is 2.75 bits per heavy atom. The molecule has 2 aliphatic rings. The minimum absolute atomic E-state index is 0.593. The van der Waals surface area contributed by atoms with Gasteiger partial charge < -0.3 is 10.1 Å². The van der Waals surface area contributed by atoms with Gasteiger partial charge in [0.1, 0.15) is 5.75 Å². The Morgan fingerprint density at radius 1 is 1.05 bits per heavy atom. The first-order valence-corrected chi connectivity index (χ1v) is 7.37. The van der Waals surface area contributed by atoms with Crippen molar-refractivity contribution in [3.8, 4) is 5.75 Å². The molecule has 102 valence electrons. The van der Waals surface area contributed by atoms with E-state index >= 15 is 0 Å². The lowest BCUT2D eigenvalue weighted by atomic mass is 9.94. The number of rotatable bonds is 2. The molecule has 1 fully saturated rings. The second kappa shape index (κ2) is 4.64. The molecule has 0 amide bonds. The largest absolute Gasteiger partial charge is 0.497 e. The fourth-order valence-corrected chi connectivity index (χ4v) is 3.48. The van der Waals surface area contributed by atoms with E-state index in [9.17, 15) is 0 Å². The third-order valence-corrected chi connectivity index (χ3v) is 4.56. The lowest BCUT2D eigenvalue weighted by Gasteiger charge is -2.21. The van der Waals surface area contributed by atoms with E-state index in [-0.39, 0.29) is 0 Å². The van der Waals surface area contributed by atoms with Gasteiger partial charge in [0.15, 0.2) is 0 Å². The van der Waals surface area contributed by atoms with E-state index < -0.39 is 0 Å². The van der Waals surface area contributed by atoms with E-state index in [0.717, 1.165) is 12.2 Å². The standard InChI is InChI=1S/C18H19NO/c1-20-18-7-4-12-8-13(2-3-14(12)11-18)15-9-16-5-6-17(10-15)19-16/h2-4,7-9,11,16-17,19H,5-6,10H2,1H3. The van der Waals surface area contributed by atoms with Crippen molar-refractivity contribution in [1.82, 2.24) is 5.32 Å². The van der Waals surface area contributed by atoms with Crippen LogP contribution in [0.1, 0.15) is 24.8 Å². The zero-order chi connectivity index (χ0) is 13.5. The maximum absolute atomic E-state index is 5.29. The molecular weight excluding hydrogens is 246 g/mol. The first-order valence-electron chi connectivity index (χ1n) is 7.37. The summed E-state index contributed by atoms with van der Waals surface area (Å²) < 4.78 is 5.29. The molecule has 0 radical (unpaired) electrons. The molecule has 2 nitrogen and oxygen atoms in total. The summed E-state index contributed by atoms with van der Waals surface area (Å²) in [5, 5.41) is 6.18. The summed E-state index contributed by atoms with van der Waals surface area (Å²) in [4.78, 5) is 0. The predicted octanol–water partition coefficient (Wildman–Crippen LogP) is 3.76. The summed E-state index contributed by atoms with van der Waals surface area (Å²) >= 11 is 0.